The van der Waals surface area contributed by atoms with Gasteiger partial charge in [-0.15, -0.1) is 11.3 Å². The van der Waals surface area contributed by atoms with Crippen molar-refractivity contribution >= 4 is 22.2 Å². The van der Waals surface area contributed by atoms with Crippen molar-refractivity contribution in [2.45, 2.75) is 13.3 Å². The highest BCUT2D eigenvalue weighted by atomic mass is 32.1. The molecule has 0 aliphatic heterocycles. The smallest absolute Gasteiger partial charge is 0.254 e. The van der Waals surface area contributed by atoms with Crippen molar-refractivity contribution in [3.05, 3.63) is 41.0 Å². The molecule has 1 aromatic carbocycles. The molecule has 0 aliphatic carbocycles. The highest BCUT2D eigenvalue weighted by molar-refractivity contribution is 7.15. The molecule has 2 rings (SSSR count). The summed E-state index contributed by atoms with van der Waals surface area (Å²) in [5.41, 5.74) is 7.88. The van der Waals surface area contributed by atoms with E-state index in [-0.39, 0.29) is 11.7 Å². The minimum Gasteiger partial charge on any atom is -0.390 e. The maximum Gasteiger partial charge on any atom is 0.254 e. The van der Waals surface area contributed by atoms with Gasteiger partial charge in [0.15, 0.2) is 0 Å². The van der Waals surface area contributed by atoms with Gasteiger partial charge < -0.3 is 11.1 Å². The lowest BCUT2D eigenvalue weighted by Gasteiger charge is -2.06. The van der Waals surface area contributed by atoms with Gasteiger partial charge in [-0.1, -0.05) is 19.1 Å². The number of anilines is 1. The number of rotatable bonds is 4. The first-order valence-corrected chi connectivity index (χ1v) is 6.92. The summed E-state index contributed by atoms with van der Waals surface area (Å²) in [6.45, 7) is 2.59. The summed E-state index contributed by atoms with van der Waals surface area (Å²) < 4.78 is 12.9. The van der Waals surface area contributed by atoms with Crippen LogP contribution in [-0.4, -0.2) is 12.5 Å². The molecule has 0 radical (unpaired) electrons. The Bertz CT molecular complexity index is 578. The maximum atomic E-state index is 12.9. The highest BCUT2D eigenvalue weighted by Crippen LogP contribution is 2.33. The topological polar surface area (TPSA) is 55.1 Å². The van der Waals surface area contributed by atoms with Crippen LogP contribution >= 0.6 is 11.3 Å². The Morgan fingerprint density at radius 3 is 2.68 bits per heavy atom. The standard InChI is InChI=1S/C14H15FN2OS/c1-2-7-17-14(18)12-11(8-19-13(12)16)9-3-5-10(15)6-4-9/h3-6,8H,2,7,16H2,1H3,(H,17,18). The SMILES string of the molecule is CCCNC(=O)c1c(-c2ccc(F)cc2)csc1N. The third-order valence-electron chi connectivity index (χ3n) is 2.74. The van der Waals surface area contributed by atoms with Crippen LogP contribution in [0.2, 0.25) is 0 Å². The van der Waals surface area contributed by atoms with Crippen molar-refractivity contribution in [1.29, 1.82) is 0 Å². The van der Waals surface area contributed by atoms with Crippen molar-refractivity contribution < 1.29 is 9.18 Å². The second kappa shape index (κ2) is 5.84. The normalized spacial score (nSPS) is 10.4. The van der Waals surface area contributed by atoms with Crippen LogP contribution in [0, 0.1) is 5.82 Å². The molecule has 0 spiro atoms. The highest BCUT2D eigenvalue weighted by Gasteiger charge is 2.18. The molecule has 5 heteroatoms. The number of carbonyl (C=O) groups excluding carboxylic acids is 1. The Kier molecular flexibility index (Phi) is 4.16. The molecule has 0 saturated carbocycles. The van der Waals surface area contributed by atoms with Crippen LogP contribution in [0.5, 0.6) is 0 Å². The van der Waals surface area contributed by atoms with Crippen LogP contribution in [0.1, 0.15) is 23.7 Å². The van der Waals surface area contributed by atoms with Crippen molar-refractivity contribution in [1.82, 2.24) is 5.32 Å². The molecule has 0 unspecified atom stereocenters. The number of nitrogens with two attached hydrogens (primary N) is 1. The Labute approximate surface area is 115 Å². The zero-order chi connectivity index (χ0) is 13.8. The zero-order valence-electron chi connectivity index (χ0n) is 10.6. The monoisotopic (exact) mass is 278 g/mol. The molecule has 1 amide bonds. The van der Waals surface area contributed by atoms with E-state index in [2.05, 4.69) is 5.32 Å². The number of hydrogen-bond acceptors (Lipinski definition) is 3. The summed E-state index contributed by atoms with van der Waals surface area (Å²) in [5, 5.41) is 5.11. The summed E-state index contributed by atoms with van der Waals surface area (Å²) in [5.74, 6) is -0.483. The predicted octanol–water partition coefficient (Wildman–Crippen LogP) is 3.28. The Morgan fingerprint density at radius 2 is 2.05 bits per heavy atom. The van der Waals surface area contributed by atoms with Crippen LogP contribution < -0.4 is 11.1 Å². The van der Waals surface area contributed by atoms with Crippen LogP contribution in [0.15, 0.2) is 29.6 Å². The Morgan fingerprint density at radius 1 is 1.37 bits per heavy atom. The number of halogens is 1. The molecule has 3 nitrogen and oxygen atoms in total. The lowest BCUT2D eigenvalue weighted by molar-refractivity contribution is 0.0955. The Hall–Kier alpha value is -1.88. The molecular formula is C14H15FN2OS. The molecule has 100 valence electrons. The lowest BCUT2D eigenvalue weighted by atomic mass is 10.0. The molecule has 0 fully saturated rings. The van der Waals surface area contributed by atoms with Crippen LogP contribution in [-0.2, 0) is 0 Å². The minimum atomic E-state index is -0.302. The van der Waals surface area contributed by atoms with E-state index in [0.717, 1.165) is 17.5 Å². The fraction of sp³-hybridized carbons (Fsp3) is 0.214. The number of amides is 1. The summed E-state index contributed by atoms with van der Waals surface area (Å²) in [6, 6.07) is 6.04. The van der Waals surface area contributed by atoms with Crippen LogP contribution in [0.25, 0.3) is 11.1 Å². The van der Waals surface area contributed by atoms with E-state index < -0.39 is 0 Å². The third kappa shape index (κ3) is 2.93. The van der Waals surface area contributed by atoms with Gasteiger partial charge in [-0.25, -0.2) is 4.39 Å². The first kappa shape index (κ1) is 13.5. The molecule has 1 heterocycles. The molecular weight excluding hydrogens is 263 g/mol. The molecule has 0 atom stereocenters. The van der Waals surface area contributed by atoms with E-state index in [1.165, 1.54) is 23.5 Å². The van der Waals surface area contributed by atoms with Crippen molar-refractivity contribution in [2.24, 2.45) is 0 Å². The molecule has 0 saturated heterocycles. The number of hydrogen-bond donors (Lipinski definition) is 2. The van der Waals surface area contributed by atoms with Crippen molar-refractivity contribution in [2.75, 3.05) is 12.3 Å². The predicted molar refractivity (Wildman–Crippen MR) is 76.7 cm³/mol. The molecule has 1 aromatic heterocycles. The van der Waals surface area contributed by atoms with E-state index in [0.29, 0.717) is 17.1 Å². The molecule has 2 aromatic rings. The van der Waals surface area contributed by atoms with Gasteiger partial charge in [0.1, 0.15) is 5.82 Å². The van der Waals surface area contributed by atoms with Crippen LogP contribution in [0.4, 0.5) is 9.39 Å². The second-order valence-corrected chi connectivity index (χ2v) is 5.06. The molecule has 3 N–H and O–H groups in total. The summed E-state index contributed by atoms with van der Waals surface area (Å²) >= 11 is 1.32. The molecule has 0 bridgehead atoms. The average Bonchev–Trinajstić information content (AvgIpc) is 2.79. The van der Waals surface area contributed by atoms with E-state index in [9.17, 15) is 9.18 Å². The largest absolute Gasteiger partial charge is 0.390 e. The number of nitrogens with one attached hydrogen (secondary N) is 1. The maximum absolute atomic E-state index is 12.9. The number of carbonyl (C=O) groups is 1. The first-order valence-electron chi connectivity index (χ1n) is 6.04. The first-order chi connectivity index (χ1) is 9.13. The van der Waals surface area contributed by atoms with E-state index in [1.807, 2.05) is 12.3 Å². The number of nitrogen functional groups attached to an aromatic ring is 1. The van der Waals surface area contributed by atoms with Gasteiger partial charge in [0.05, 0.1) is 10.6 Å². The number of thiophene rings is 1. The van der Waals surface area contributed by atoms with Gasteiger partial charge in [-0.2, -0.15) is 0 Å². The molecule has 19 heavy (non-hydrogen) atoms. The lowest BCUT2D eigenvalue weighted by Crippen LogP contribution is -2.24. The Balaban J connectivity index is 2.37. The number of benzene rings is 1. The van der Waals surface area contributed by atoms with Gasteiger partial charge >= 0.3 is 0 Å². The summed E-state index contributed by atoms with van der Waals surface area (Å²) in [4.78, 5) is 12.1. The van der Waals surface area contributed by atoms with Gasteiger partial charge in [-0.05, 0) is 24.1 Å². The van der Waals surface area contributed by atoms with Crippen LogP contribution in [0.3, 0.4) is 0 Å². The fourth-order valence-electron chi connectivity index (χ4n) is 1.78. The fourth-order valence-corrected chi connectivity index (χ4v) is 2.60. The summed E-state index contributed by atoms with van der Waals surface area (Å²) in [6.07, 6.45) is 0.863. The zero-order valence-corrected chi connectivity index (χ0v) is 11.4. The quantitative estimate of drug-likeness (QED) is 0.901. The summed E-state index contributed by atoms with van der Waals surface area (Å²) in [7, 11) is 0. The van der Waals surface area contributed by atoms with E-state index >= 15 is 0 Å². The van der Waals surface area contributed by atoms with E-state index in [4.69, 9.17) is 5.73 Å². The average molecular weight is 278 g/mol. The van der Waals surface area contributed by atoms with Gasteiger partial charge in [0, 0.05) is 17.5 Å². The third-order valence-corrected chi connectivity index (χ3v) is 3.55. The van der Waals surface area contributed by atoms with Gasteiger partial charge in [0.2, 0.25) is 0 Å². The van der Waals surface area contributed by atoms with Gasteiger partial charge in [0.25, 0.3) is 5.91 Å². The van der Waals surface area contributed by atoms with E-state index in [1.54, 1.807) is 12.1 Å². The minimum absolute atomic E-state index is 0.181. The van der Waals surface area contributed by atoms with Crippen molar-refractivity contribution in [3.8, 4) is 11.1 Å². The van der Waals surface area contributed by atoms with Crippen molar-refractivity contribution in [3.63, 3.8) is 0 Å². The second-order valence-electron chi connectivity index (χ2n) is 4.15. The molecule has 0 aliphatic rings. The van der Waals surface area contributed by atoms with Gasteiger partial charge in [-0.3, -0.25) is 4.79 Å².